The van der Waals surface area contributed by atoms with E-state index in [1.807, 2.05) is 6.07 Å². The summed E-state index contributed by atoms with van der Waals surface area (Å²) in [4.78, 5) is 36.0. The number of carbonyl (C=O) groups is 2. The van der Waals surface area contributed by atoms with E-state index in [9.17, 15) is 14.7 Å². The van der Waals surface area contributed by atoms with E-state index < -0.39 is 6.09 Å². The van der Waals surface area contributed by atoms with Crippen molar-refractivity contribution in [3.05, 3.63) is 46.9 Å². The average molecular weight is 445 g/mol. The maximum atomic E-state index is 11.9. The lowest BCUT2D eigenvalue weighted by atomic mass is 10.0. The van der Waals surface area contributed by atoms with Gasteiger partial charge in [0.1, 0.15) is 5.82 Å². The van der Waals surface area contributed by atoms with Crippen molar-refractivity contribution in [1.29, 1.82) is 0 Å². The number of aromatic nitrogens is 3. The Balaban J connectivity index is 1.42. The molecule has 1 aliphatic heterocycles. The molecule has 0 spiro atoms. The molecule has 1 aromatic carbocycles. The van der Waals surface area contributed by atoms with Crippen molar-refractivity contribution in [2.45, 2.75) is 25.4 Å². The number of carboxylic acid groups (broad SMARTS) is 1. The van der Waals surface area contributed by atoms with Crippen LogP contribution < -0.4 is 10.2 Å². The number of nitrogens with one attached hydrogen (secondary N) is 1. The van der Waals surface area contributed by atoms with Crippen molar-refractivity contribution in [2.24, 2.45) is 0 Å². The van der Waals surface area contributed by atoms with E-state index in [0.29, 0.717) is 36.7 Å². The van der Waals surface area contributed by atoms with E-state index in [-0.39, 0.29) is 24.2 Å². The Morgan fingerprint density at radius 3 is 2.77 bits per heavy atom. The molecule has 162 valence electrons. The van der Waals surface area contributed by atoms with Gasteiger partial charge in [0, 0.05) is 37.3 Å². The fourth-order valence-electron chi connectivity index (χ4n) is 3.68. The highest BCUT2D eigenvalue weighted by atomic mass is 35.5. The van der Waals surface area contributed by atoms with Crippen LogP contribution >= 0.6 is 11.6 Å². The Labute approximate surface area is 182 Å². The van der Waals surface area contributed by atoms with E-state index >= 15 is 0 Å². The first kappa shape index (κ1) is 20.9. The lowest BCUT2D eigenvalue weighted by Crippen LogP contribution is -2.46. The molecule has 3 aromatic rings. The Bertz CT molecular complexity index is 1110. The van der Waals surface area contributed by atoms with E-state index in [1.165, 1.54) is 18.0 Å². The van der Waals surface area contributed by atoms with Crippen LogP contribution in [0.25, 0.3) is 11.0 Å². The van der Waals surface area contributed by atoms with Crippen LogP contribution in [0.5, 0.6) is 0 Å². The van der Waals surface area contributed by atoms with Gasteiger partial charge in [-0.05, 0) is 31.0 Å². The van der Waals surface area contributed by atoms with Crippen molar-refractivity contribution in [3.63, 3.8) is 0 Å². The molecule has 2 amide bonds. The molecule has 1 fully saturated rings. The zero-order valence-corrected chi connectivity index (χ0v) is 17.5. The summed E-state index contributed by atoms with van der Waals surface area (Å²) in [6.07, 6.45) is 1.92. The number of halogens is 1. The fraction of sp³-hybridized carbons (Fsp3) is 0.350. The number of fused-ring (bicyclic) bond motifs is 1. The third-order valence-corrected chi connectivity index (χ3v) is 5.55. The molecule has 2 N–H and O–H groups in total. The van der Waals surface area contributed by atoms with E-state index in [1.54, 1.807) is 18.3 Å². The summed E-state index contributed by atoms with van der Waals surface area (Å²) in [5.41, 5.74) is 1.61. The van der Waals surface area contributed by atoms with Gasteiger partial charge in [-0.1, -0.05) is 16.8 Å². The van der Waals surface area contributed by atoms with Crippen LogP contribution in [0, 0.1) is 0 Å². The molecule has 0 bridgehead atoms. The third kappa shape index (κ3) is 4.53. The molecule has 3 heterocycles. The second-order valence-electron chi connectivity index (χ2n) is 7.25. The molecule has 2 aromatic heterocycles. The summed E-state index contributed by atoms with van der Waals surface area (Å²) >= 11 is 6.00. The predicted molar refractivity (Wildman–Crippen MR) is 113 cm³/mol. The number of nitrogens with zero attached hydrogens (tertiary/aromatic N) is 5. The molecule has 4 rings (SSSR count). The third-order valence-electron chi connectivity index (χ3n) is 5.31. The Morgan fingerprint density at radius 2 is 2.06 bits per heavy atom. The Hall–Kier alpha value is -3.40. The number of carbonyl (C=O) groups excluding carboxylic acids is 1. The van der Waals surface area contributed by atoms with Gasteiger partial charge in [0.05, 0.1) is 23.8 Å². The number of hydrogen-bond donors (Lipinski definition) is 2. The van der Waals surface area contributed by atoms with Crippen LogP contribution in [0.3, 0.4) is 0 Å². The molecule has 11 heteroatoms. The second kappa shape index (κ2) is 8.76. The first-order chi connectivity index (χ1) is 14.9. The van der Waals surface area contributed by atoms with Gasteiger partial charge in [0.15, 0.2) is 11.5 Å². The van der Waals surface area contributed by atoms with Gasteiger partial charge in [-0.15, -0.1) is 0 Å². The minimum Gasteiger partial charge on any atom is -0.465 e. The van der Waals surface area contributed by atoms with Gasteiger partial charge in [0.25, 0.3) is 5.91 Å². The van der Waals surface area contributed by atoms with Crippen LogP contribution in [0.2, 0.25) is 5.02 Å². The molecule has 1 aliphatic rings. The molecule has 0 atom stereocenters. The quantitative estimate of drug-likeness (QED) is 0.615. The van der Waals surface area contributed by atoms with Crippen LogP contribution in [-0.4, -0.2) is 63.3 Å². The number of anilines is 1. The van der Waals surface area contributed by atoms with Crippen molar-refractivity contribution >= 4 is 40.5 Å². The van der Waals surface area contributed by atoms with Gasteiger partial charge in [0.2, 0.25) is 0 Å². The maximum absolute atomic E-state index is 11.9. The van der Waals surface area contributed by atoms with Gasteiger partial charge in [-0.3, -0.25) is 14.7 Å². The van der Waals surface area contributed by atoms with Gasteiger partial charge in [-0.25, -0.2) is 9.78 Å². The Kier molecular flexibility index (Phi) is 5.90. The van der Waals surface area contributed by atoms with Crippen LogP contribution in [0.15, 0.2) is 35.0 Å². The summed E-state index contributed by atoms with van der Waals surface area (Å²) in [5, 5.41) is 16.5. The average Bonchev–Trinajstić information content (AvgIpc) is 3.25. The lowest BCUT2D eigenvalue weighted by molar-refractivity contribution is 0.0950. The SMILES string of the molecule is CNC(=O)c1cc(CN(C(=O)O)C2CCN(c3cnc4cc(Cl)ccc4n3)CC2)on1. The van der Waals surface area contributed by atoms with Crippen molar-refractivity contribution in [3.8, 4) is 0 Å². The van der Waals surface area contributed by atoms with E-state index in [4.69, 9.17) is 16.1 Å². The number of hydrogen-bond acceptors (Lipinski definition) is 7. The number of amides is 2. The molecule has 10 nitrogen and oxygen atoms in total. The highest BCUT2D eigenvalue weighted by molar-refractivity contribution is 6.31. The van der Waals surface area contributed by atoms with Crippen LogP contribution in [0.4, 0.5) is 10.6 Å². The normalized spacial score (nSPS) is 14.6. The zero-order valence-electron chi connectivity index (χ0n) is 16.8. The summed E-state index contributed by atoms with van der Waals surface area (Å²) in [7, 11) is 1.49. The predicted octanol–water partition coefficient (Wildman–Crippen LogP) is 2.78. The summed E-state index contributed by atoms with van der Waals surface area (Å²) in [6.45, 7) is 1.31. The van der Waals surface area contributed by atoms with E-state index in [0.717, 1.165) is 16.9 Å². The monoisotopic (exact) mass is 444 g/mol. The zero-order chi connectivity index (χ0) is 22.0. The second-order valence-corrected chi connectivity index (χ2v) is 7.68. The molecule has 0 aliphatic carbocycles. The molecule has 31 heavy (non-hydrogen) atoms. The molecular formula is C20H21ClN6O4. The lowest BCUT2D eigenvalue weighted by Gasteiger charge is -2.37. The van der Waals surface area contributed by atoms with Crippen molar-refractivity contribution < 1.29 is 19.2 Å². The van der Waals surface area contributed by atoms with Crippen LogP contribution in [0.1, 0.15) is 29.1 Å². The molecule has 0 saturated carbocycles. The summed E-state index contributed by atoms with van der Waals surface area (Å²) in [5.74, 6) is 0.687. The molecule has 0 radical (unpaired) electrons. The maximum Gasteiger partial charge on any atom is 0.407 e. The Morgan fingerprint density at radius 1 is 1.29 bits per heavy atom. The van der Waals surface area contributed by atoms with Gasteiger partial charge >= 0.3 is 6.09 Å². The number of rotatable bonds is 5. The van der Waals surface area contributed by atoms with Gasteiger partial charge < -0.3 is 19.8 Å². The fourth-order valence-corrected chi connectivity index (χ4v) is 3.84. The van der Waals surface area contributed by atoms with Crippen LogP contribution in [-0.2, 0) is 6.54 Å². The summed E-state index contributed by atoms with van der Waals surface area (Å²) < 4.78 is 5.14. The first-order valence-corrected chi connectivity index (χ1v) is 10.2. The van der Waals surface area contributed by atoms with E-state index in [2.05, 4.69) is 25.3 Å². The molecule has 0 unspecified atom stereocenters. The minimum absolute atomic E-state index is 0.0283. The minimum atomic E-state index is -1.04. The summed E-state index contributed by atoms with van der Waals surface area (Å²) in [6, 6.07) is 6.65. The first-order valence-electron chi connectivity index (χ1n) is 9.79. The largest absolute Gasteiger partial charge is 0.465 e. The standard InChI is InChI=1S/C20H21ClN6O4/c1-22-19(28)17-9-14(31-25-17)11-27(20(29)30)13-4-6-26(7-5-13)18-10-23-16-8-12(21)2-3-15(16)24-18/h2-3,8-10,13H,4-7,11H2,1H3,(H,22,28)(H,29,30). The van der Waals surface area contributed by atoms with Crippen molar-refractivity contribution in [2.75, 3.05) is 25.0 Å². The molecule has 1 saturated heterocycles. The number of piperidine rings is 1. The number of benzene rings is 1. The smallest absolute Gasteiger partial charge is 0.407 e. The van der Waals surface area contributed by atoms with Crippen molar-refractivity contribution in [1.82, 2.24) is 25.3 Å². The highest BCUT2D eigenvalue weighted by Crippen LogP contribution is 2.25. The topological polar surface area (TPSA) is 125 Å². The molecular weight excluding hydrogens is 424 g/mol. The van der Waals surface area contributed by atoms with Gasteiger partial charge in [-0.2, -0.15) is 0 Å². The highest BCUT2D eigenvalue weighted by Gasteiger charge is 2.29.